The molecule has 2 aromatic heterocycles. The summed E-state index contributed by atoms with van der Waals surface area (Å²) in [4.78, 5) is 8.83. The standard InChI is InChI=1S/C17H16N2O3S/c1-20-12-10-11-7-9-19-17(23-13-6-4-5-8-18-13)14(11)16(22-3)15(12)21-2/h4-10H,1-3H3. The van der Waals surface area contributed by atoms with Gasteiger partial charge in [-0.1, -0.05) is 6.07 Å². The fourth-order valence-corrected chi connectivity index (χ4v) is 3.25. The number of hydrogen-bond acceptors (Lipinski definition) is 6. The molecule has 0 atom stereocenters. The third kappa shape index (κ3) is 2.90. The molecule has 3 rings (SSSR count). The summed E-state index contributed by atoms with van der Waals surface area (Å²) in [7, 11) is 4.81. The molecule has 0 spiro atoms. The van der Waals surface area contributed by atoms with Crippen LogP contribution in [0.5, 0.6) is 17.2 Å². The maximum atomic E-state index is 5.59. The molecule has 0 aliphatic carbocycles. The van der Waals surface area contributed by atoms with E-state index in [1.165, 1.54) is 11.8 Å². The van der Waals surface area contributed by atoms with Crippen LogP contribution in [0, 0.1) is 0 Å². The minimum atomic E-state index is 0.554. The van der Waals surface area contributed by atoms with Crippen molar-refractivity contribution in [2.45, 2.75) is 10.1 Å². The first-order valence-corrected chi connectivity index (χ1v) is 7.76. The molecule has 0 aliphatic rings. The van der Waals surface area contributed by atoms with Crippen molar-refractivity contribution in [2.24, 2.45) is 0 Å². The van der Waals surface area contributed by atoms with Crippen LogP contribution < -0.4 is 14.2 Å². The molecule has 2 heterocycles. The van der Waals surface area contributed by atoms with E-state index in [2.05, 4.69) is 9.97 Å². The Hall–Kier alpha value is -2.47. The fourth-order valence-electron chi connectivity index (χ4n) is 2.36. The van der Waals surface area contributed by atoms with Crippen molar-refractivity contribution < 1.29 is 14.2 Å². The van der Waals surface area contributed by atoms with Crippen LogP contribution in [0.1, 0.15) is 0 Å². The van der Waals surface area contributed by atoms with Crippen molar-refractivity contribution in [3.8, 4) is 17.2 Å². The van der Waals surface area contributed by atoms with Gasteiger partial charge < -0.3 is 14.2 Å². The first-order valence-electron chi connectivity index (χ1n) is 6.95. The minimum absolute atomic E-state index is 0.554. The third-order valence-corrected chi connectivity index (χ3v) is 4.31. The summed E-state index contributed by atoms with van der Waals surface area (Å²) in [5.74, 6) is 1.78. The highest BCUT2D eigenvalue weighted by molar-refractivity contribution is 7.99. The molecule has 0 amide bonds. The Morgan fingerprint density at radius 2 is 1.70 bits per heavy atom. The molecule has 0 aliphatic heterocycles. The highest BCUT2D eigenvalue weighted by Crippen LogP contribution is 2.46. The highest BCUT2D eigenvalue weighted by atomic mass is 32.2. The zero-order valence-electron chi connectivity index (χ0n) is 13.1. The molecule has 0 bridgehead atoms. The molecular weight excluding hydrogens is 312 g/mol. The summed E-state index contributed by atoms with van der Waals surface area (Å²) in [6, 6.07) is 9.61. The Bertz CT molecular complexity index is 825. The lowest BCUT2D eigenvalue weighted by Gasteiger charge is -2.16. The van der Waals surface area contributed by atoms with Gasteiger partial charge in [0.05, 0.1) is 26.7 Å². The molecule has 0 fully saturated rings. The van der Waals surface area contributed by atoms with Gasteiger partial charge in [0.15, 0.2) is 11.5 Å². The quantitative estimate of drug-likeness (QED) is 0.710. The molecule has 0 unspecified atom stereocenters. The van der Waals surface area contributed by atoms with E-state index in [-0.39, 0.29) is 0 Å². The first-order chi connectivity index (χ1) is 11.3. The molecule has 0 N–H and O–H groups in total. The van der Waals surface area contributed by atoms with Crippen molar-refractivity contribution in [2.75, 3.05) is 21.3 Å². The van der Waals surface area contributed by atoms with E-state index in [1.807, 2.05) is 30.3 Å². The van der Waals surface area contributed by atoms with Crippen molar-refractivity contribution in [1.82, 2.24) is 9.97 Å². The lowest BCUT2D eigenvalue weighted by molar-refractivity contribution is 0.327. The van der Waals surface area contributed by atoms with Gasteiger partial charge >= 0.3 is 0 Å². The predicted octanol–water partition coefficient (Wildman–Crippen LogP) is 3.81. The monoisotopic (exact) mass is 328 g/mol. The zero-order valence-corrected chi connectivity index (χ0v) is 13.9. The van der Waals surface area contributed by atoms with Gasteiger partial charge in [-0.2, -0.15) is 0 Å². The summed E-state index contributed by atoms with van der Waals surface area (Å²) in [6.07, 6.45) is 3.52. The molecule has 23 heavy (non-hydrogen) atoms. The number of aromatic nitrogens is 2. The Morgan fingerprint density at radius 1 is 0.870 bits per heavy atom. The maximum absolute atomic E-state index is 5.59. The maximum Gasteiger partial charge on any atom is 0.204 e. The van der Waals surface area contributed by atoms with Crippen molar-refractivity contribution >= 4 is 22.5 Å². The van der Waals surface area contributed by atoms with Gasteiger partial charge in [-0.15, -0.1) is 0 Å². The molecule has 6 heteroatoms. The van der Waals surface area contributed by atoms with Crippen molar-refractivity contribution in [3.63, 3.8) is 0 Å². The van der Waals surface area contributed by atoms with Crippen LogP contribution in [-0.2, 0) is 0 Å². The lowest BCUT2D eigenvalue weighted by Crippen LogP contribution is -1.97. The van der Waals surface area contributed by atoms with E-state index in [0.29, 0.717) is 17.2 Å². The van der Waals surface area contributed by atoms with Gasteiger partial charge in [-0.05, 0) is 41.4 Å². The van der Waals surface area contributed by atoms with Crippen LogP contribution in [0.25, 0.3) is 10.8 Å². The van der Waals surface area contributed by atoms with Gasteiger partial charge in [0.2, 0.25) is 5.75 Å². The molecular formula is C17H16N2O3S. The van der Waals surface area contributed by atoms with E-state index >= 15 is 0 Å². The van der Waals surface area contributed by atoms with E-state index < -0.39 is 0 Å². The van der Waals surface area contributed by atoms with Crippen molar-refractivity contribution in [1.29, 1.82) is 0 Å². The Morgan fingerprint density at radius 3 is 2.35 bits per heavy atom. The molecule has 118 valence electrons. The van der Waals surface area contributed by atoms with Crippen molar-refractivity contribution in [3.05, 3.63) is 42.7 Å². The van der Waals surface area contributed by atoms with Crippen LogP contribution in [0.3, 0.4) is 0 Å². The molecule has 1 aromatic carbocycles. The minimum Gasteiger partial charge on any atom is -0.493 e. The van der Waals surface area contributed by atoms with E-state index in [4.69, 9.17) is 14.2 Å². The number of hydrogen-bond donors (Lipinski definition) is 0. The number of benzene rings is 1. The molecule has 3 aromatic rings. The number of rotatable bonds is 5. The Labute approximate surface area is 138 Å². The molecule has 0 radical (unpaired) electrons. The average Bonchev–Trinajstić information content (AvgIpc) is 2.61. The topological polar surface area (TPSA) is 53.5 Å². The van der Waals surface area contributed by atoms with Gasteiger partial charge in [0.1, 0.15) is 10.1 Å². The van der Waals surface area contributed by atoms with Crippen LogP contribution in [0.15, 0.2) is 52.8 Å². The Balaban J connectivity index is 2.23. The average molecular weight is 328 g/mol. The van der Waals surface area contributed by atoms with Gasteiger partial charge in [-0.3, -0.25) is 0 Å². The second-order valence-corrected chi connectivity index (χ2v) is 5.64. The summed E-state index contributed by atoms with van der Waals surface area (Å²) < 4.78 is 16.5. The largest absolute Gasteiger partial charge is 0.493 e. The van der Waals surface area contributed by atoms with Crippen LogP contribution in [0.2, 0.25) is 0 Å². The third-order valence-electron chi connectivity index (χ3n) is 3.36. The zero-order chi connectivity index (χ0) is 16.2. The van der Waals surface area contributed by atoms with Crippen LogP contribution in [-0.4, -0.2) is 31.3 Å². The van der Waals surface area contributed by atoms with E-state index in [1.54, 1.807) is 33.7 Å². The second kappa shape index (κ2) is 6.75. The fraction of sp³-hybridized carbons (Fsp3) is 0.176. The van der Waals surface area contributed by atoms with E-state index in [0.717, 1.165) is 20.8 Å². The number of pyridine rings is 2. The summed E-state index contributed by atoms with van der Waals surface area (Å²) in [5, 5.41) is 3.51. The normalized spacial score (nSPS) is 10.6. The number of nitrogens with zero attached hydrogens (tertiary/aromatic N) is 2. The lowest BCUT2D eigenvalue weighted by atomic mass is 10.1. The SMILES string of the molecule is COc1cc2ccnc(Sc3ccccn3)c2c(OC)c1OC. The molecule has 0 saturated heterocycles. The summed E-state index contributed by atoms with van der Waals surface area (Å²) in [5.41, 5.74) is 0. The number of fused-ring (bicyclic) bond motifs is 1. The number of ether oxygens (including phenoxy) is 3. The smallest absolute Gasteiger partial charge is 0.204 e. The van der Waals surface area contributed by atoms with Crippen LogP contribution >= 0.6 is 11.8 Å². The van der Waals surface area contributed by atoms with Gasteiger partial charge in [0, 0.05) is 12.4 Å². The summed E-state index contributed by atoms with van der Waals surface area (Å²) in [6.45, 7) is 0. The van der Waals surface area contributed by atoms with Gasteiger partial charge in [-0.25, -0.2) is 9.97 Å². The summed E-state index contributed by atoms with van der Waals surface area (Å²) >= 11 is 1.48. The molecule has 5 nitrogen and oxygen atoms in total. The number of methoxy groups -OCH3 is 3. The predicted molar refractivity (Wildman–Crippen MR) is 89.8 cm³/mol. The highest BCUT2D eigenvalue weighted by Gasteiger charge is 2.19. The van der Waals surface area contributed by atoms with E-state index in [9.17, 15) is 0 Å². The molecule has 0 saturated carbocycles. The van der Waals surface area contributed by atoms with Crippen LogP contribution in [0.4, 0.5) is 0 Å². The van der Waals surface area contributed by atoms with Gasteiger partial charge in [0.25, 0.3) is 0 Å². The Kier molecular flexibility index (Phi) is 4.52. The first kappa shape index (κ1) is 15.4. The second-order valence-electron chi connectivity index (χ2n) is 4.63.